The molecule has 1 aromatic carbocycles. The van der Waals surface area contributed by atoms with Crippen LogP contribution in [0.2, 0.25) is 0 Å². The summed E-state index contributed by atoms with van der Waals surface area (Å²) in [5, 5.41) is 11.7. The lowest BCUT2D eigenvalue weighted by molar-refractivity contribution is -0.121. The van der Waals surface area contributed by atoms with E-state index < -0.39 is 22.0 Å². The Kier molecular flexibility index (Phi) is 6.38. The molecule has 2 aromatic rings. The largest absolute Gasteiger partial charge is 0.464 e. The van der Waals surface area contributed by atoms with E-state index in [1.165, 1.54) is 0 Å². The first kappa shape index (κ1) is 22.8. The Morgan fingerprint density at radius 3 is 2.58 bits per heavy atom. The molecule has 1 amide bonds. The molecule has 0 fully saturated rings. The number of fused-ring (bicyclic) bond motifs is 1. The second kappa shape index (κ2) is 8.68. The minimum absolute atomic E-state index is 0.0245. The van der Waals surface area contributed by atoms with Crippen LogP contribution in [0.15, 0.2) is 46.6 Å². The van der Waals surface area contributed by atoms with Gasteiger partial charge in [-0.1, -0.05) is 32.1 Å². The topological polar surface area (TPSA) is 138 Å². The van der Waals surface area contributed by atoms with Gasteiger partial charge in [0.25, 0.3) is 5.91 Å². The number of amidine groups is 1. The van der Waals surface area contributed by atoms with Crippen molar-refractivity contribution in [2.24, 2.45) is 5.73 Å². The predicted molar refractivity (Wildman–Crippen MR) is 121 cm³/mol. The zero-order valence-corrected chi connectivity index (χ0v) is 18.8. The van der Waals surface area contributed by atoms with Crippen molar-refractivity contribution in [3.05, 3.63) is 58.9 Å². The summed E-state index contributed by atoms with van der Waals surface area (Å²) in [6.07, 6.45) is 8.50. The maximum atomic E-state index is 13.0. The first-order chi connectivity index (χ1) is 14.5. The number of aryl methyl sites for hydroxylation is 1. The minimum Gasteiger partial charge on any atom is -0.464 e. The molecule has 2 unspecified atom stereocenters. The third-order valence-corrected chi connectivity index (χ3v) is 5.79. The number of benzene rings is 1. The first-order valence-corrected chi connectivity index (χ1v) is 11.9. The fourth-order valence-corrected chi connectivity index (χ4v) is 4.11. The van der Waals surface area contributed by atoms with E-state index in [0.29, 0.717) is 17.6 Å². The van der Waals surface area contributed by atoms with Crippen LogP contribution >= 0.6 is 0 Å². The summed E-state index contributed by atoms with van der Waals surface area (Å²) >= 11 is 0. The van der Waals surface area contributed by atoms with Crippen LogP contribution in [0.3, 0.4) is 0 Å². The van der Waals surface area contributed by atoms with Crippen molar-refractivity contribution in [1.29, 1.82) is 5.41 Å². The van der Waals surface area contributed by atoms with E-state index in [-0.39, 0.29) is 17.8 Å². The zero-order valence-electron chi connectivity index (χ0n) is 18.0. The Morgan fingerprint density at radius 2 is 2.03 bits per heavy atom. The van der Waals surface area contributed by atoms with E-state index in [0.717, 1.165) is 28.4 Å². The summed E-state index contributed by atoms with van der Waals surface area (Å²) in [7, 11) is -3.74. The Bertz CT molecular complexity index is 1190. The molecule has 9 heteroatoms. The van der Waals surface area contributed by atoms with Gasteiger partial charge in [0.1, 0.15) is 17.5 Å². The van der Waals surface area contributed by atoms with Crippen molar-refractivity contribution in [3.8, 4) is 0 Å². The summed E-state index contributed by atoms with van der Waals surface area (Å²) in [4.78, 5) is 13.0. The zero-order chi connectivity index (χ0) is 22.9. The normalized spacial score (nSPS) is 17.6. The van der Waals surface area contributed by atoms with Crippen LogP contribution in [0.4, 0.5) is 0 Å². The van der Waals surface area contributed by atoms with E-state index >= 15 is 0 Å². The van der Waals surface area contributed by atoms with Crippen LogP contribution in [0.1, 0.15) is 48.9 Å². The molecule has 0 saturated heterocycles. The van der Waals surface area contributed by atoms with E-state index in [2.05, 4.69) is 10.0 Å². The Hall–Kier alpha value is -2.91. The monoisotopic (exact) mass is 444 g/mol. The molecule has 1 aliphatic rings. The van der Waals surface area contributed by atoms with Crippen molar-refractivity contribution in [2.45, 2.75) is 45.2 Å². The highest BCUT2D eigenvalue weighted by Crippen LogP contribution is 2.33. The molecular formula is C22H28N4O4S. The van der Waals surface area contributed by atoms with Gasteiger partial charge in [-0.15, -0.1) is 0 Å². The number of sulfonamides is 1. The van der Waals surface area contributed by atoms with Crippen LogP contribution in [0.5, 0.6) is 0 Å². The molecule has 31 heavy (non-hydrogen) atoms. The molecule has 166 valence electrons. The van der Waals surface area contributed by atoms with Crippen molar-refractivity contribution in [1.82, 2.24) is 10.0 Å². The molecule has 2 atom stereocenters. The lowest BCUT2D eigenvalue weighted by Crippen LogP contribution is -2.43. The van der Waals surface area contributed by atoms with Crippen LogP contribution in [0.25, 0.3) is 11.0 Å². The van der Waals surface area contributed by atoms with Gasteiger partial charge in [0.15, 0.2) is 0 Å². The number of carbonyl (C=O) groups is 1. The number of rotatable bonds is 7. The maximum Gasteiger partial charge on any atom is 0.255 e. The Balaban J connectivity index is 2.03. The number of nitrogens with one attached hydrogen (secondary N) is 3. The van der Waals surface area contributed by atoms with Gasteiger partial charge in [0, 0.05) is 17.0 Å². The van der Waals surface area contributed by atoms with E-state index in [4.69, 9.17) is 15.6 Å². The van der Waals surface area contributed by atoms with Gasteiger partial charge in [0.2, 0.25) is 10.0 Å². The Labute approximate surface area is 182 Å². The molecule has 1 aromatic heterocycles. The Morgan fingerprint density at radius 1 is 1.32 bits per heavy atom. The third kappa shape index (κ3) is 5.23. The van der Waals surface area contributed by atoms with E-state index in [1.807, 2.05) is 45.1 Å². The number of hydrogen-bond acceptors (Lipinski definition) is 6. The van der Waals surface area contributed by atoms with Gasteiger partial charge >= 0.3 is 0 Å². The van der Waals surface area contributed by atoms with Crippen molar-refractivity contribution in [3.63, 3.8) is 0 Å². The summed E-state index contributed by atoms with van der Waals surface area (Å²) in [5.41, 5.74) is 9.44. The summed E-state index contributed by atoms with van der Waals surface area (Å²) in [6, 6.07) is 2.61. The van der Waals surface area contributed by atoms with Crippen LogP contribution in [0, 0.1) is 12.3 Å². The second-order valence-corrected chi connectivity index (χ2v) is 9.92. The predicted octanol–water partition coefficient (Wildman–Crippen LogP) is 2.76. The molecule has 0 bridgehead atoms. The van der Waals surface area contributed by atoms with Crippen LogP contribution in [-0.4, -0.2) is 32.5 Å². The maximum absolute atomic E-state index is 13.0. The lowest BCUT2D eigenvalue weighted by atomic mass is 9.93. The molecule has 3 rings (SSSR count). The molecule has 0 spiro atoms. The van der Waals surface area contributed by atoms with Crippen LogP contribution in [-0.2, 0) is 14.8 Å². The number of furan rings is 1. The van der Waals surface area contributed by atoms with Crippen LogP contribution < -0.4 is 15.8 Å². The second-order valence-electron chi connectivity index (χ2n) is 8.17. The van der Waals surface area contributed by atoms with Gasteiger partial charge in [-0.2, -0.15) is 0 Å². The number of amides is 1. The molecule has 1 heterocycles. The summed E-state index contributed by atoms with van der Waals surface area (Å²) in [5.74, 6) is -0.543. The number of nitrogens with two attached hydrogens (primary N) is 1. The van der Waals surface area contributed by atoms with Crippen molar-refractivity contribution >= 4 is 32.7 Å². The highest BCUT2D eigenvalue weighted by molar-refractivity contribution is 7.89. The first-order valence-electron chi connectivity index (χ1n) is 9.98. The SMILES string of the molecule is Cc1coc2c(C(C)C)cc(C(NC3C=CC(C(=N)N)=CC3)C(=O)NS(C)(=O)=O)cc12. The molecule has 0 radical (unpaired) electrons. The highest BCUT2D eigenvalue weighted by Gasteiger charge is 2.28. The van der Waals surface area contributed by atoms with Crippen molar-refractivity contribution in [2.75, 3.05) is 6.26 Å². The molecule has 8 nitrogen and oxygen atoms in total. The highest BCUT2D eigenvalue weighted by atomic mass is 32.2. The molecule has 5 N–H and O–H groups in total. The lowest BCUT2D eigenvalue weighted by Gasteiger charge is -2.25. The van der Waals surface area contributed by atoms with Crippen molar-refractivity contribution < 1.29 is 17.6 Å². The standard InChI is InChI=1S/C22H28N4O4S/c1-12(2)17-9-15(10-18-13(3)11-30-20(17)18)19(22(27)26-31(4,28)29)25-16-7-5-14(6-8-16)21(23)24/h5-7,9-12,16,19,25H,8H2,1-4H3,(H3,23,24)(H,26,27). The average Bonchev–Trinajstić information content (AvgIpc) is 3.05. The molecular weight excluding hydrogens is 416 g/mol. The average molecular weight is 445 g/mol. The van der Waals surface area contributed by atoms with Gasteiger partial charge in [-0.25, -0.2) is 8.42 Å². The van der Waals surface area contributed by atoms with Gasteiger partial charge < -0.3 is 10.2 Å². The quantitative estimate of drug-likeness (QED) is 0.383. The van der Waals surface area contributed by atoms with E-state index in [1.54, 1.807) is 12.3 Å². The van der Waals surface area contributed by atoms with Gasteiger partial charge in [-0.3, -0.25) is 20.2 Å². The molecule has 0 saturated carbocycles. The fourth-order valence-electron chi connectivity index (χ4n) is 3.63. The van der Waals surface area contributed by atoms with E-state index in [9.17, 15) is 13.2 Å². The molecule has 1 aliphatic carbocycles. The fraction of sp³-hybridized carbons (Fsp3) is 0.364. The van der Waals surface area contributed by atoms with Gasteiger partial charge in [-0.05, 0) is 48.1 Å². The summed E-state index contributed by atoms with van der Waals surface area (Å²) < 4.78 is 31.3. The minimum atomic E-state index is -3.74. The van der Waals surface area contributed by atoms with Gasteiger partial charge in [0.05, 0.1) is 12.5 Å². The number of carbonyl (C=O) groups excluding carboxylic acids is 1. The summed E-state index contributed by atoms with van der Waals surface area (Å²) in [6.45, 7) is 6.00. The number of hydrogen-bond donors (Lipinski definition) is 4. The smallest absolute Gasteiger partial charge is 0.255 e. The third-order valence-electron chi connectivity index (χ3n) is 5.21. The molecule has 0 aliphatic heterocycles.